The Bertz CT molecular complexity index is 735. The minimum Gasteiger partial charge on any atom is -0.452 e. The van der Waals surface area contributed by atoms with Gasteiger partial charge in [-0.05, 0) is 77.4 Å². The molecule has 0 spiro atoms. The van der Waals surface area contributed by atoms with Gasteiger partial charge in [0.05, 0.1) is 18.3 Å². The topological polar surface area (TPSA) is 79.3 Å². The van der Waals surface area contributed by atoms with Gasteiger partial charge in [-0.1, -0.05) is 36.8 Å². The number of hydrogen-bond acceptors (Lipinski definition) is 5. The summed E-state index contributed by atoms with van der Waals surface area (Å²) in [6.07, 6.45) is 13.9. The van der Waals surface area contributed by atoms with Gasteiger partial charge in [0, 0.05) is 6.08 Å². The molecule has 4 atom stereocenters. The van der Waals surface area contributed by atoms with Gasteiger partial charge in [0.25, 0.3) is 0 Å². The van der Waals surface area contributed by atoms with E-state index >= 15 is 0 Å². The quantitative estimate of drug-likeness (QED) is 0.289. The molecule has 1 heterocycles. The summed E-state index contributed by atoms with van der Waals surface area (Å²) in [4.78, 5) is 12.3. The molecule has 0 radical (unpaired) electrons. The molecule has 2 N–H and O–H groups in total. The largest absolute Gasteiger partial charge is 0.452 e. The highest BCUT2D eigenvalue weighted by molar-refractivity contribution is 5.83. The fourth-order valence-electron chi connectivity index (χ4n) is 3.71. The fourth-order valence-corrected chi connectivity index (χ4v) is 3.71. The Morgan fingerprint density at radius 3 is 2.67 bits per heavy atom. The van der Waals surface area contributed by atoms with E-state index in [0.29, 0.717) is 6.42 Å². The highest BCUT2D eigenvalue weighted by Crippen LogP contribution is 2.45. The second-order valence-electron chi connectivity index (χ2n) is 9.91. The summed E-state index contributed by atoms with van der Waals surface area (Å²) in [5, 5.41) is 19.8. The number of hydrogen-bond donors (Lipinski definition) is 2. The molecule has 5 heteroatoms. The van der Waals surface area contributed by atoms with Crippen molar-refractivity contribution in [3.63, 3.8) is 0 Å². The Hall–Kier alpha value is -1.69. The summed E-state index contributed by atoms with van der Waals surface area (Å²) in [7, 11) is 0. The van der Waals surface area contributed by atoms with Gasteiger partial charge >= 0.3 is 5.97 Å². The maximum absolute atomic E-state index is 12.3. The van der Waals surface area contributed by atoms with E-state index in [9.17, 15) is 15.0 Å². The van der Waals surface area contributed by atoms with Crippen molar-refractivity contribution in [2.45, 2.75) is 90.6 Å². The Morgan fingerprint density at radius 1 is 1.37 bits per heavy atom. The Balaban J connectivity index is 2.32. The minimum atomic E-state index is -0.870. The number of allylic oxidation sites excluding steroid dienone is 4. The lowest BCUT2D eigenvalue weighted by Gasteiger charge is -2.26. The van der Waals surface area contributed by atoms with E-state index in [2.05, 4.69) is 19.1 Å². The van der Waals surface area contributed by atoms with Gasteiger partial charge in [-0.3, -0.25) is 0 Å². The molecule has 0 aromatic carbocycles. The molecule has 2 rings (SSSR count). The molecule has 0 saturated carbocycles. The van der Waals surface area contributed by atoms with Crippen LogP contribution in [0, 0.1) is 5.41 Å². The summed E-state index contributed by atoms with van der Waals surface area (Å²) in [6.45, 7) is 11.3. The summed E-state index contributed by atoms with van der Waals surface area (Å²) in [5.41, 5.74) is 0.200. The lowest BCUT2D eigenvalue weighted by Crippen LogP contribution is -2.32. The van der Waals surface area contributed by atoms with E-state index in [1.165, 1.54) is 6.08 Å². The average molecular weight is 419 g/mol. The van der Waals surface area contributed by atoms with Crippen LogP contribution in [-0.2, 0) is 14.3 Å². The molecule has 1 saturated heterocycles. The molecule has 0 amide bonds. The van der Waals surface area contributed by atoms with Gasteiger partial charge in [-0.15, -0.1) is 0 Å². The molecule has 0 unspecified atom stereocenters. The second kappa shape index (κ2) is 9.63. The lowest BCUT2D eigenvalue weighted by molar-refractivity contribution is -0.143. The van der Waals surface area contributed by atoms with Crippen molar-refractivity contribution >= 4 is 5.97 Å². The van der Waals surface area contributed by atoms with E-state index in [-0.39, 0.29) is 24.1 Å². The van der Waals surface area contributed by atoms with E-state index in [1.807, 2.05) is 32.9 Å². The van der Waals surface area contributed by atoms with Crippen LogP contribution in [0.3, 0.4) is 0 Å². The molecular weight excluding hydrogens is 380 g/mol. The van der Waals surface area contributed by atoms with Crippen LogP contribution < -0.4 is 0 Å². The monoisotopic (exact) mass is 418 g/mol. The number of rotatable bonds is 6. The van der Waals surface area contributed by atoms with E-state index in [4.69, 9.17) is 9.47 Å². The first-order chi connectivity index (χ1) is 13.9. The number of ether oxygens (including phenoxy) is 2. The summed E-state index contributed by atoms with van der Waals surface area (Å²) < 4.78 is 11.8. The first kappa shape index (κ1) is 24.6. The van der Waals surface area contributed by atoms with Crippen molar-refractivity contribution in [1.82, 2.24) is 0 Å². The molecule has 30 heavy (non-hydrogen) atoms. The van der Waals surface area contributed by atoms with Crippen molar-refractivity contribution in [2.75, 3.05) is 6.61 Å². The lowest BCUT2D eigenvalue weighted by atomic mass is 9.81. The number of esters is 1. The van der Waals surface area contributed by atoms with Gasteiger partial charge in [-0.25, -0.2) is 4.79 Å². The zero-order chi connectivity index (χ0) is 22.6. The summed E-state index contributed by atoms with van der Waals surface area (Å²) >= 11 is 0. The van der Waals surface area contributed by atoms with Gasteiger partial charge < -0.3 is 19.7 Å². The van der Waals surface area contributed by atoms with E-state index in [1.54, 1.807) is 19.9 Å². The number of carbonyl (C=O) groups is 1. The van der Waals surface area contributed by atoms with Crippen LogP contribution in [0.25, 0.3) is 0 Å². The zero-order valence-corrected chi connectivity index (χ0v) is 19.3. The fraction of sp³-hybridized carbons (Fsp3) is 0.640. The molecule has 0 bridgehead atoms. The van der Waals surface area contributed by atoms with Gasteiger partial charge in [0.2, 0.25) is 0 Å². The predicted molar refractivity (Wildman–Crippen MR) is 119 cm³/mol. The van der Waals surface area contributed by atoms with Crippen LogP contribution in [0.1, 0.15) is 67.2 Å². The normalized spacial score (nSPS) is 34.9. The SMILES string of the molecule is CC(C)=CC(=O)O[C@@H]1/C=C/[C@@](C)(C/C=C/C(C)(C)O)C/C=C(/CO)CC[C@@H]2O[C@]21C. The second-order valence-corrected chi connectivity index (χ2v) is 9.91. The van der Waals surface area contributed by atoms with Crippen LogP contribution in [0.2, 0.25) is 0 Å². The molecule has 168 valence electrons. The summed E-state index contributed by atoms with van der Waals surface area (Å²) in [5.74, 6) is -0.368. The van der Waals surface area contributed by atoms with Gasteiger partial charge in [0.15, 0.2) is 6.10 Å². The first-order valence-electron chi connectivity index (χ1n) is 10.8. The highest BCUT2D eigenvalue weighted by Gasteiger charge is 2.58. The molecule has 0 aromatic heterocycles. The first-order valence-corrected chi connectivity index (χ1v) is 10.8. The minimum absolute atomic E-state index is 0.0129. The third-order valence-electron chi connectivity index (χ3n) is 5.76. The molecule has 2 aliphatic rings. The predicted octanol–water partition coefficient (Wildman–Crippen LogP) is 4.40. The van der Waals surface area contributed by atoms with Crippen molar-refractivity contribution in [1.29, 1.82) is 0 Å². The van der Waals surface area contributed by atoms with Crippen molar-refractivity contribution in [3.8, 4) is 0 Å². The van der Waals surface area contributed by atoms with Crippen molar-refractivity contribution in [3.05, 3.63) is 47.6 Å². The molecule has 1 fully saturated rings. The maximum atomic E-state index is 12.3. The maximum Gasteiger partial charge on any atom is 0.331 e. The standard InChI is InChI=1S/C25H38O5/c1-18(2)16-22(27)29-20-11-15-24(5,13-7-12-23(3,4)28)14-10-19(17-26)8-9-21-25(20,6)30-21/h7,10-12,15-16,20-21,26,28H,8-9,13-14,17H2,1-6H3/b12-7+,15-11+,19-10+/t20-,21+,24+,25+/m1/s1. The number of aliphatic hydroxyl groups is 2. The van der Waals surface area contributed by atoms with Crippen LogP contribution in [0.15, 0.2) is 47.6 Å². The van der Waals surface area contributed by atoms with Crippen LogP contribution >= 0.6 is 0 Å². The molecule has 0 aromatic rings. The molecule has 1 aliphatic carbocycles. The van der Waals surface area contributed by atoms with Crippen LogP contribution in [-0.4, -0.2) is 46.2 Å². The Labute approximate surface area is 181 Å². The van der Waals surface area contributed by atoms with Crippen LogP contribution in [0.4, 0.5) is 0 Å². The van der Waals surface area contributed by atoms with Gasteiger partial charge in [0.1, 0.15) is 5.60 Å². The van der Waals surface area contributed by atoms with E-state index < -0.39 is 17.3 Å². The van der Waals surface area contributed by atoms with Crippen LogP contribution in [0.5, 0.6) is 0 Å². The Morgan fingerprint density at radius 2 is 2.07 bits per heavy atom. The third-order valence-corrected chi connectivity index (χ3v) is 5.76. The highest BCUT2D eigenvalue weighted by atomic mass is 16.6. The van der Waals surface area contributed by atoms with E-state index in [0.717, 1.165) is 30.4 Å². The number of epoxide rings is 1. The van der Waals surface area contributed by atoms with Crippen molar-refractivity contribution < 1.29 is 24.5 Å². The third kappa shape index (κ3) is 7.22. The smallest absolute Gasteiger partial charge is 0.331 e. The molecule has 1 aliphatic heterocycles. The number of aliphatic hydroxyl groups excluding tert-OH is 1. The number of carbonyl (C=O) groups excluding carboxylic acids is 1. The number of fused-ring (bicyclic) bond motifs is 1. The molecular formula is C25H38O5. The van der Waals surface area contributed by atoms with Gasteiger partial charge in [-0.2, -0.15) is 0 Å². The average Bonchev–Trinajstić information content (AvgIpc) is 3.28. The molecule has 5 nitrogen and oxygen atoms in total. The Kier molecular flexibility index (Phi) is 7.89. The van der Waals surface area contributed by atoms with Crippen molar-refractivity contribution in [2.24, 2.45) is 5.41 Å². The summed E-state index contributed by atoms with van der Waals surface area (Å²) in [6, 6.07) is 0. The zero-order valence-electron chi connectivity index (χ0n) is 19.3.